The quantitative estimate of drug-likeness (QED) is 0.208. The number of rotatable bonds is 9. The molecule has 2 amide bonds. The van der Waals surface area contributed by atoms with Gasteiger partial charge in [0.2, 0.25) is 6.41 Å². The number of methoxy groups -OCH3 is 1. The van der Waals surface area contributed by atoms with Gasteiger partial charge in [-0.2, -0.15) is 0 Å². The maximum Gasteiger partial charge on any atom is 0.266 e. The fourth-order valence-electron chi connectivity index (χ4n) is 5.80. The molecule has 1 aliphatic carbocycles. The second kappa shape index (κ2) is 12.6. The summed E-state index contributed by atoms with van der Waals surface area (Å²) in [5.74, 6) is 0.711. The molecule has 0 radical (unpaired) electrons. The summed E-state index contributed by atoms with van der Waals surface area (Å²) in [6, 6.07) is 20.6. The minimum atomic E-state index is -0.0304. The van der Waals surface area contributed by atoms with Crippen molar-refractivity contribution in [3.8, 4) is 16.9 Å². The molecule has 0 bridgehead atoms. The van der Waals surface area contributed by atoms with Crippen LogP contribution in [-0.4, -0.2) is 50.5 Å². The molecule has 0 atom stereocenters. The lowest BCUT2D eigenvalue weighted by Crippen LogP contribution is -2.44. The Labute approximate surface area is 250 Å². The molecule has 214 valence electrons. The van der Waals surface area contributed by atoms with Crippen molar-refractivity contribution in [2.75, 3.05) is 26.1 Å². The Bertz CT molecular complexity index is 1540. The van der Waals surface area contributed by atoms with Crippen molar-refractivity contribution in [2.24, 2.45) is 0 Å². The van der Waals surface area contributed by atoms with Gasteiger partial charge >= 0.3 is 0 Å². The van der Waals surface area contributed by atoms with Crippen molar-refractivity contribution >= 4 is 51.0 Å². The van der Waals surface area contributed by atoms with Crippen LogP contribution in [-0.2, 0) is 11.3 Å². The van der Waals surface area contributed by atoms with E-state index in [0.717, 1.165) is 75.9 Å². The topological polar surface area (TPSA) is 61.9 Å². The minimum Gasteiger partial charge on any atom is -0.496 e. The van der Waals surface area contributed by atoms with Gasteiger partial charge in [-0.1, -0.05) is 41.9 Å². The van der Waals surface area contributed by atoms with E-state index in [4.69, 9.17) is 16.3 Å². The number of amides is 2. The zero-order valence-electron chi connectivity index (χ0n) is 23.9. The number of aryl methyl sites for hydroxylation is 1. The summed E-state index contributed by atoms with van der Waals surface area (Å²) in [6.45, 7) is 2.45. The second-order valence-electron chi connectivity index (χ2n) is 10.7. The molecule has 1 heterocycles. The first-order valence-corrected chi connectivity index (χ1v) is 15.1. The van der Waals surface area contributed by atoms with Gasteiger partial charge in [-0.3, -0.25) is 9.59 Å². The lowest BCUT2D eigenvalue weighted by molar-refractivity contribution is -0.107. The first-order valence-electron chi connectivity index (χ1n) is 14.0. The summed E-state index contributed by atoms with van der Waals surface area (Å²) in [4.78, 5) is 29.7. The third-order valence-electron chi connectivity index (χ3n) is 8.25. The molecule has 4 aromatic rings. The Morgan fingerprint density at radius 2 is 1.78 bits per heavy atom. The third-order valence-corrected chi connectivity index (χ3v) is 9.89. The van der Waals surface area contributed by atoms with E-state index in [1.165, 1.54) is 16.2 Å². The number of hydrogen-bond donors (Lipinski definition) is 1. The van der Waals surface area contributed by atoms with Gasteiger partial charge < -0.3 is 19.9 Å². The van der Waals surface area contributed by atoms with Gasteiger partial charge in [0.05, 0.1) is 12.1 Å². The smallest absolute Gasteiger partial charge is 0.266 e. The molecular formula is C33H36ClN3O3S. The van der Waals surface area contributed by atoms with Crippen molar-refractivity contribution in [1.82, 2.24) is 10.2 Å². The number of carbonyl (C=O) groups is 2. The van der Waals surface area contributed by atoms with Crippen LogP contribution in [0.15, 0.2) is 60.7 Å². The Morgan fingerprint density at radius 1 is 1.07 bits per heavy atom. The molecular weight excluding hydrogens is 554 g/mol. The van der Waals surface area contributed by atoms with E-state index < -0.39 is 0 Å². The number of hydrogen-bond acceptors (Lipinski definition) is 5. The average Bonchev–Trinajstić information content (AvgIpc) is 3.36. The zero-order chi connectivity index (χ0) is 29.1. The molecule has 0 unspecified atom stereocenters. The summed E-state index contributed by atoms with van der Waals surface area (Å²) in [5, 5.41) is 4.91. The predicted molar refractivity (Wildman–Crippen MR) is 169 cm³/mol. The summed E-state index contributed by atoms with van der Waals surface area (Å²) in [7, 11) is 5.40. The van der Waals surface area contributed by atoms with E-state index >= 15 is 0 Å². The van der Waals surface area contributed by atoms with Crippen LogP contribution in [0.4, 0.5) is 5.69 Å². The number of nitrogens with zero attached hydrogens (tertiary/aromatic N) is 2. The largest absolute Gasteiger partial charge is 0.496 e. The second-order valence-corrected chi connectivity index (χ2v) is 12.1. The molecule has 0 spiro atoms. The monoisotopic (exact) mass is 589 g/mol. The molecule has 0 aliphatic heterocycles. The van der Waals surface area contributed by atoms with Gasteiger partial charge in [-0.15, -0.1) is 11.3 Å². The predicted octanol–water partition coefficient (Wildman–Crippen LogP) is 7.30. The first-order chi connectivity index (χ1) is 19.8. The molecule has 41 heavy (non-hydrogen) atoms. The molecule has 3 aromatic carbocycles. The van der Waals surface area contributed by atoms with Gasteiger partial charge in [0, 0.05) is 47.0 Å². The molecule has 1 aromatic heterocycles. The normalized spacial score (nSPS) is 16.9. The minimum absolute atomic E-state index is 0.0304. The zero-order valence-corrected chi connectivity index (χ0v) is 25.5. The van der Waals surface area contributed by atoms with Crippen molar-refractivity contribution in [1.29, 1.82) is 0 Å². The van der Waals surface area contributed by atoms with Crippen LogP contribution in [0.2, 0.25) is 5.02 Å². The number of ether oxygens (including phenoxy) is 1. The highest BCUT2D eigenvalue weighted by Crippen LogP contribution is 2.40. The van der Waals surface area contributed by atoms with Crippen LogP contribution in [0, 0.1) is 6.92 Å². The summed E-state index contributed by atoms with van der Waals surface area (Å²) >= 11 is 8.38. The van der Waals surface area contributed by atoms with E-state index in [-0.39, 0.29) is 11.9 Å². The number of halogens is 1. The number of benzene rings is 3. The highest BCUT2D eigenvalue weighted by atomic mass is 35.5. The first kappa shape index (κ1) is 29.1. The number of nitrogens with one attached hydrogen (secondary N) is 1. The Hall–Kier alpha value is -3.39. The Morgan fingerprint density at radius 3 is 2.41 bits per heavy atom. The van der Waals surface area contributed by atoms with Crippen LogP contribution in [0.3, 0.4) is 0 Å². The molecule has 1 saturated carbocycles. The van der Waals surface area contributed by atoms with Gasteiger partial charge in [0.25, 0.3) is 5.91 Å². The van der Waals surface area contributed by atoms with Crippen molar-refractivity contribution in [2.45, 2.75) is 51.2 Å². The molecule has 5 rings (SSSR count). The Balaban J connectivity index is 1.52. The summed E-state index contributed by atoms with van der Waals surface area (Å²) in [5.41, 5.74) is 4.87. The molecule has 1 N–H and O–H groups in total. The SMILES string of the molecule is CNC1CCC(N(Cc2cc(-c3ccc(N(C)C=O)cc3)ccc2OC)C(=O)c2sc3cccc(C)c3c2Cl)CC1. The number of thiophene rings is 1. The lowest BCUT2D eigenvalue weighted by atomic mass is 9.89. The summed E-state index contributed by atoms with van der Waals surface area (Å²) < 4.78 is 6.81. The number of fused-ring (bicyclic) bond motifs is 1. The van der Waals surface area contributed by atoms with E-state index in [1.807, 2.05) is 73.5 Å². The van der Waals surface area contributed by atoms with Gasteiger partial charge in [0.1, 0.15) is 10.6 Å². The van der Waals surface area contributed by atoms with Gasteiger partial charge in [0.15, 0.2) is 0 Å². The third kappa shape index (κ3) is 5.98. The van der Waals surface area contributed by atoms with Crippen LogP contribution in [0.25, 0.3) is 21.2 Å². The summed E-state index contributed by atoms with van der Waals surface area (Å²) in [6.07, 6.45) is 4.67. The van der Waals surface area contributed by atoms with Crippen LogP contribution in [0.1, 0.15) is 46.5 Å². The number of anilines is 1. The van der Waals surface area contributed by atoms with Crippen LogP contribution >= 0.6 is 22.9 Å². The fourth-order valence-corrected chi connectivity index (χ4v) is 7.43. The van der Waals surface area contributed by atoms with Gasteiger partial charge in [-0.25, -0.2) is 0 Å². The van der Waals surface area contributed by atoms with Crippen molar-refractivity contribution in [3.05, 3.63) is 81.7 Å². The average molecular weight is 590 g/mol. The number of carbonyl (C=O) groups excluding carboxylic acids is 2. The molecule has 8 heteroatoms. The van der Waals surface area contributed by atoms with Crippen LogP contribution in [0.5, 0.6) is 5.75 Å². The fraction of sp³-hybridized carbons (Fsp3) is 0.333. The molecule has 6 nitrogen and oxygen atoms in total. The van der Waals surface area contributed by atoms with E-state index in [1.54, 1.807) is 14.2 Å². The van der Waals surface area contributed by atoms with E-state index in [9.17, 15) is 9.59 Å². The lowest BCUT2D eigenvalue weighted by Gasteiger charge is -2.37. The van der Waals surface area contributed by atoms with Crippen LogP contribution < -0.4 is 15.0 Å². The highest BCUT2D eigenvalue weighted by Gasteiger charge is 2.32. The van der Waals surface area contributed by atoms with E-state index in [2.05, 4.69) is 11.4 Å². The van der Waals surface area contributed by atoms with E-state index in [0.29, 0.717) is 22.5 Å². The maximum atomic E-state index is 14.3. The molecule has 0 saturated heterocycles. The van der Waals surface area contributed by atoms with Gasteiger partial charge in [-0.05, 0) is 86.7 Å². The maximum absolute atomic E-state index is 14.3. The highest BCUT2D eigenvalue weighted by molar-refractivity contribution is 7.21. The molecule has 1 fully saturated rings. The van der Waals surface area contributed by atoms with Crippen molar-refractivity contribution < 1.29 is 14.3 Å². The standard InChI is InChI=1S/C33H36ClN3O3S/c1-21-6-5-7-29-30(21)31(34)32(41-29)33(39)37(27-15-11-25(35-2)12-16-27)19-24-18-23(10-17-28(24)40-4)22-8-13-26(14-9-22)36(3)20-38/h5-10,13-14,17-18,20,25,27,35H,11-12,15-16,19H2,1-4H3. The molecule has 1 aliphatic rings. The van der Waals surface area contributed by atoms with Crippen molar-refractivity contribution in [3.63, 3.8) is 0 Å². The Kier molecular flexibility index (Phi) is 8.97.